The Morgan fingerprint density at radius 3 is 2.37 bits per heavy atom. The highest BCUT2D eigenvalue weighted by Gasteiger charge is 2.42. The molecule has 2 aromatic heterocycles. The smallest absolute Gasteiger partial charge is 0.337 e. The number of benzene rings is 2. The molecule has 152 valence electrons. The Kier molecular flexibility index (Phi) is 4.82. The van der Waals surface area contributed by atoms with E-state index in [9.17, 15) is 22.8 Å². The lowest BCUT2D eigenvalue weighted by Crippen LogP contribution is -2.38. The first-order valence-corrected chi connectivity index (χ1v) is 8.78. The van der Waals surface area contributed by atoms with Crippen molar-refractivity contribution in [1.29, 1.82) is 0 Å². The number of nitrogens with one attached hydrogen (secondary N) is 3. The topological polar surface area (TPSA) is 104 Å². The maximum atomic E-state index is 13.6. The zero-order valence-electron chi connectivity index (χ0n) is 15.2. The van der Waals surface area contributed by atoms with Crippen LogP contribution in [0.2, 0.25) is 0 Å². The van der Waals surface area contributed by atoms with Crippen LogP contribution in [0.15, 0.2) is 65.7 Å². The van der Waals surface area contributed by atoms with Crippen LogP contribution in [0, 0.1) is 0 Å². The lowest BCUT2D eigenvalue weighted by Gasteiger charge is -2.22. The van der Waals surface area contributed by atoms with Gasteiger partial charge in [0.2, 0.25) is 0 Å². The number of rotatable bonds is 4. The summed E-state index contributed by atoms with van der Waals surface area (Å²) in [5.41, 5.74) is 0.447. The molecule has 0 aliphatic heterocycles. The fourth-order valence-electron chi connectivity index (χ4n) is 3.11. The summed E-state index contributed by atoms with van der Waals surface area (Å²) >= 11 is 0. The molecule has 0 aliphatic carbocycles. The minimum atomic E-state index is -4.70. The third-order valence-electron chi connectivity index (χ3n) is 4.58. The molecule has 0 spiro atoms. The quantitative estimate of drug-likeness (QED) is 0.477. The zero-order valence-corrected chi connectivity index (χ0v) is 15.2. The molecule has 1 amide bonds. The van der Waals surface area contributed by atoms with Crippen molar-refractivity contribution in [3.05, 3.63) is 82.4 Å². The highest BCUT2D eigenvalue weighted by atomic mass is 19.4. The maximum absolute atomic E-state index is 13.6. The van der Waals surface area contributed by atoms with E-state index in [0.717, 1.165) is 6.20 Å². The van der Waals surface area contributed by atoms with Crippen LogP contribution >= 0.6 is 0 Å². The van der Waals surface area contributed by atoms with Crippen molar-refractivity contribution in [3.8, 4) is 11.3 Å². The largest absolute Gasteiger partial charge is 0.412 e. The Hall–Kier alpha value is -3.95. The van der Waals surface area contributed by atoms with Crippen LogP contribution in [0.1, 0.15) is 22.0 Å². The molecular weight excluding hydrogens is 399 g/mol. The first-order chi connectivity index (χ1) is 14.3. The van der Waals surface area contributed by atoms with Crippen LogP contribution in [-0.4, -0.2) is 32.5 Å². The minimum Gasteiger partial charge on any atom is -0.337 e. The Labute approximate surface area is 166 Å². The van der Waals surface area contributed by atoms with E-state index in [1.54, 1.807) is 24.3 Å². The molecule has 10 heteroatoms. The van der Waals surface area contributed by atoms with E-state index in [0.29, 0.717) is 22.0 Å². The summed E-state index contributed by atoms with van der Waals surface area (Å²) in [6, 6.07) is 10.1. The summed E-state index contributed by atoms with van der Waals surface area (Å²) in [5, 5.41) is 15.4. The standard InChI is InChI=1S/C20H14F3N5O2/c21-20(22,23)17(26-18(29)13-9-24-25-10-13)12-7-5-11(6-8-12)16-14-3-1-2-4-15(14)19(30)28-27-16/h1-10,17H,(H,24,25)(H,26,29)(H,28,30). The van der Waals surface area contributed by atoms with Gasteiger partial charge in [-0.1, -0.05) is 42.5 Å². The van der Waals surface area contributed by atoms with Crippen LogP contribution in [0.3, 0.4) is 0 Å². The van der Waals surface area contributed by atoms with Gasteiger partial charge in [-0.25, -0.2) is 5.10 Å². The number of aromatic amines is 2. The normalized spacial score (nSPS) is 12.6. The molecule has 1 atom stereocenters. The monoisotopic (exact) mass is 413 g/mol. The van der Waals surface area contributed by atoms with Crippen molar-refractivity contribution in [2.24, 2.45) is 0 Å². The average Bonchev–Trinajstić information content (AvgIpc) is 3.27. The van der Waals surface area contributed by atoms with Crippen molar-refractivity contribution in [2.45, 2.75) is 12.2 Å². The second-order valence-electron chi connectivity index (χ2n) is 6.50. The van der Waals surface area contributed by atoms with Crippen LogP contribution in [-0.2, 0) is 0 Å². The molecule has 0 aliphatic rings. The number of halogens is 3. The van der Waals surface area contributed by atoms with Crippen LogP contribution in [0.5, 0.6) is 0 Å². The molecule has 0 radical (unpaired) electrons. The summed E-state index contributed by atoms with van der Waals surface area (Å²) in [6.45, 7) is 0. The van der Waals surface area contributed by atoms with E-state index in [4.69, 9.17) is 0 Å². The summed E-state index contributed by atoms with van der Waals surface area (Å²) < 4.78 is 40.8. The average molecular weight is 413 g/mol. The second kappa shape index (κ2) is 7.47. The molecule has 0 saturated heterocycles. The number of fused-ring (bicyclic) bond motifs is 1. The van der Waals surface area contributed by atoms with Crippen molar-refractivity contribution in [1.82, 2.24) is 25.7 Å². The zero-order chi connectivity index (χ0) is 21.3. The number of aromatic nitrogens is 4. The second-order valence-corrected chi connectivity index (χ2v) is 6.50. The van der Waals surface area contributed by atoms with Gasteiger partial charge in [-0.15, -0.1) is 0 Å². The Morgan fingerprint density at radius 1 is 1.03 bits per heavy atom. The molecule has 0 fully saturated rings. The van der Waals surface area contributed by atoms with Gasteiger partial charge in [0.05, 0.1) is 22.8 Å². The van der Waals surface area contributed by atoms with Gasteiger partial charge in [-0.3, -0.25) is 14.7 Å². The first kappa shape index (κ1) is 19.4. The minimum absolute atomic E-state index is 0.00946. The molecule has 2 heterocycles. The number of H-pyrrole nitrogens is 2. The third-order valence-corrected chi connectivity index (χ3v) is 4.58. The molecule has 0 bridgehead atoms. The van der Waals surface area contributed by atoms with E-state index >= 15 is 0 Å². The van der Waals surface area contributed by atoms with Crippen LogP contribution < -0.4 is 10.9 Å². The predicted octanol–water partition coefficient (Wildman–Crippen LogP) is 3.35. The fourth-order valence-corrected chi connectivity index (χ4v) is 3.11. The Morgan fingerprint density at radius 2 is 1.73 bits per heavy atom. The van der Waals surface area contributed by atoms with E-state index < -0.39 is 18.1 Å². The van der Waals surface area contributed by atoms with Gasteiger partial charge in [0.15, 0.2) is 6.04 Å². The van der Waals surface area contributed by atoms with E-state index in [1.165, 1.54) is 30.5 Å². The fraction of sp³-hybridized carbons (Fsp3) is 0.100. The molecule has 1 unspecified atom stereocenters. The molecule has 4 rings (SSSR count). The summed E-state index contributed by atoms with van der Waals surface area (Å²) in [7, 11) is 0. The summed E-state index contributed by atoms with van der Waals surface area (Å²) in [6.07, 6.45) is -2.36. The van der Waals surface area contributed by atoms with Crippen molar-refractivity contribution in [2.75, 3.05) is 0 Å². The molecule has 0 saturated carbocycles. The van der Waals surface area contributed by atoms with Gasteiger partial charge in [-0.2, -0.15) is 23.4 Å². The number of nitrogens with zero attached hydrogens (tertiary/aromatic N) is 2. The van der Waals surface area contributed by atoms with Crippen molar-refractivity contribution >= 4 is 16.7 Å². The predicted molar refractivity (Wildman–Crippen MR) is 103 cm³/mol. The van der Waals surface area contributed by atoms with Gasteiger partial charge in [0.1, 0.15) is 0 Å². The van der Waals surface area contributed by atoms with Crippen LogP contribution in [0.25, 0.3) is 22.0 Å². The molecule has 7 nitrogen and oxygen atoms in total. The van der Waals surface area contributed by atoms with Crippen molar-refractivity contribution in [3.63, 3.8) is 0 Å². The Balaban J connectivity index is 1.69. The SMILES string of the molecule is O=C(NC(c1ccc(-c2n[nH]c(=O)c3ccccc23)cc1)C(F)(F)F)c1cn[nH]c1. The maximum Gasteiger partial charge on any atom is 0.412 e. The molecule has 4 aromatic rings. The van der Waals surface area contributed by atoms with Gasteiger partial charge in [-0.05, 0) is 11.6 Å². The van der Waals surface area contributed by atoms with E-state index in [1.807, 2.05) is 5.32 Å². The number of carbonyl (C=O) groups is 1. The van der Waals surface area contributed by atoms with E-state index in [-0.39, 0.29) is 16.7 Å². The number of alkyl halides is 3. The third kappa shape index (κ3) is 3.66. The summed E-state index contributed by atoms with van der Waals surface area (Å²) in [4.78, 5) is 24.0. The number of hydrogen-bond acceptors (Lipinski definition) is 4. The number of hydrogen-bond donors (Lipinski definition) is 3. The van der Waals surface area contributed by atoms with Gasteiger partial charge in [0, 0.05) is 17.1 Å². The van der Waals surface area contributed by atoms with Gasteiger partial charge < -0.3 is 5.32 Å². The lowest BCUT2D eigenvalue weighted by molar-refractivity contribution is -0.155. The molecule has 30 heavy (non-hydrogen) atoms. The lowest BCUT2D eigenvalue weighted by atomic mass is 10.0. The highest BCUT2D eigenvalue weighted by Crippen LogP contribution is 2.34. The molecular formula is C20H14F3N5O2. The molecule has 2 aromatic carbocycles. The number of amides is 1. The summed E-state index contributed by atoms with van der Waals surface area (Å²) in [5.74, 6) is -0.900. The van der Waals surface area contributed by atoms with E-state index in [2.05, 4.69) is 20.4 Å². The first-order valence-electron chi connectivity index (χ1n) is 8.78. The Bertz CT molecular complexity index is 1250. The number of carbonyl (C=O) groups excluding carboxylic acids is 1. The van der Waals surface area contributed by atoms with Gasteiger partial charge in [0.25, 0.3) is 11.5 Å². The van der Waals surface area contributed by atoms with Gasteiger partial charge >= 0.3 is 6.18 Å². The van der Waals surface area contributed by atoms with Crippen molar-refractivity contribution < 1.29 is 18.0 Å². The highest BCUT2D eigenvalue weighted by molar-refractivity contribution is 5.94. The van der Waals surface area contributed by atoms with Crippen LogP contribution in [0.4, 0.5) is 13.2 Å². The molecule has 3 N–H and O–H groups in total.